The van der Waals surface area contributed by atoms with Crippen molar-refractivity contribution in [1.82, 2.24) is 19.9 Å². The average Bonchev–Trinajstić information content (AvgIpc) is 2.87. The number of likely N-dealkylation sites (tertiary alicyclic amines) is 1. The zero-order valence-corrected chi connectivity index (χ0v) is 23.1. The number of carbonyl (C=O) groups is 2. The van der Waals surface area contributed by atoms with Gasteiger partial charge in [-0.05, 0) is 75.7 Å². The Morgan fingerprint density at radius 3 is 2.58 bits per heavy atom. The van der Waals surface area contributed by atoms with Gasteiger partial charge in [0.05, 0.1) is 16.2 Å². The number of hydrogen-bond donors (Lipinski definition) is 2. The van der Waals surface area contributed by atoms with Gasteiger partial charge in [-0.2, -0.15) is 0 Å². The van der Waals surface area contributed by atoms with E-state index in [1.165, 1.54) is 11.2 Å². The lowest BCUT2D eigenvalue weighted by atomic mass is 10.0. The van der Waals surface area contributed by atoms with Gasteiger partial charge in [0.25, 0.3) is 0 Å². The van der Waals surface area contributed by atoms with E-state index in [2.05, 4.69) is 25.6 Å². The fourth-order valence-electron chi connectivity index (χ4n) is 4.13. The molecule has 2 N–H and O–H groups in total. The third-order valence-corrected chi connectivity index (χ3v) is 6.44. The van der Waals surface area contributed by atoms with Crippen LogP contribution in [0.3, 0.4) is 0 Å². The Balaban J connectivity index is 1.28. The van der Waals surface area contributed by atoms with Crippen molar-refractivity contribution in [2.75, 3.05) is 17.2 Å². The number of ether oxygens (including phenoxy) is 2. The molecular formula is C29H29ClN6O4. The molecule has 0 radical (unpaired) electrons. The molecule has 2 aromatic heterocycles. The quantitative estimate of drug-likeness (QED) is 0.285. The number of anilines is 3. The van der Waals surface area contributed by atoms with E-state index in [1.54, 1.807) is 57.3 Å². The van der Waals surface area contributed by atoms with Gasteiger partial charge in [0.15, 0.2) is 0 Å². The summed E-state index contributed by atoms with van der Waals surface area (Å²) >= 11 is 6.48. The molecule has 4 aromatic rings. The van der Waals surface area contributed by atoms with Crippen LogP contribution in [0.2, 0.25) is 5.02 Å². The molecule has 206 valence electrons. The lowest BCUT2D eigenvalue weighted by molar-refractivity contribution is -0.125. The Morgan fingerprint density at radius 1 is 1.05 bits per heavy atom. The topological polar surface area (TPSA) is 119 Å². The van der Waals surface area contributed by atoms with E-state index in [1.807, 2.05) is 24.3 Å². The normalized spacial score (nSPS) is 14.8. The number of nitrogens with zero attached hydrogens (tertiary/aromatic N) is 4. The van der Waals surface area contributed by atoms with Crippen molar-refractivity contribution in [2.45, 2.75) is 45.4 Å². The molecule has 10 nitrogen and oxygen atoms in total. The van der Waals surface area contributed by atoms with Gasteiger partial charge in [-0.3, -0.25) is 14.7 Å². The molecule has 2 aromatic carbocycles. The van der Waals surface area contributed by atoms with Crippen LogP contribution in [-0.4, -0.2) is 50.0 Å². The minimum Gasteiger partial charge on any atom is -0.486 e. The molecule has 3 heterocycles. The molecule has 0 bridgehead atoms. The number of amides is 2. The first-order valence-corrected chi connectivity index (χ1v) is 13.2. The summed E-state index contributed by atoms with van der Waals surface area (Å²) in [6, 6.07) is 15.7. The molecule has 1 atom stereocenters. The van der Waals surface area contributed by atoms with Crippen molar-refractivity contribution < 1.29 is 19.1 Å². The number of halogens is 1. The number of fused-ring (bicyclic) bond motifs is 1. The highest BCUT2D eigenvalue weighted by Crippen LogP contribution is 2.32. The van der Waals surface area contributed by atoms with E-state index < -0.39 is 17.7 Å². The summed E-state index contributed by atoms with van der Waals surface area (Å²) in [5, 5.41) is 7.31. The van der Waals surface area contributed by atoms with Crippen molar-refractivity contribution in [2.24, 2.45) is 0 Å². The van der Waals surface area contributed by atoms with Gasteiger partial charge in [0.1, 0.15) is 36.1 Å². The Morgan fingerprint density at radius 2 is 1.88 bits per heavy atom. The first kappa shape index (κ1) is 27.1. The molecule has 1 aliphatic heterocycles. The van der Waals surface area contributed by atoms with Crippen molar-refractivity contribution in [3.63, 3.8) is 0 Å². The second kappa shape index (κ2) is 11.4. The lowest BCUT2D eigenvalue weighted by Gasteiger charge is -2.40. The van der Waals surface area contributed by atoms with Crippen LogP contribution in [0.5, 0.6) is 5.75 Å². The van der Waals surface area contributed by atoms with E-state index in [9.17, 15) is 9.59 Å². The summed E-state index contributed by atoms with van der Waals surface area (Å²) in [6.45, 7) is 6.16. The number of aromatic nitrogens is 3. The first-order chi connectivity index (χ1) is 19.2. The minimum atomic E-state index is -0.632. The highest BCUT2D eigenvalue weighted by Gasteiger charge is 2.39. The molecular weight excluding hydrogens is 532 g/mol. The van der Waals surface area contributed by atoms with Crippen LogP contribution in [0.15, 0.2) is 67.1 Å². The maximum Gasteiger partial charge on any atom is 0.410 e. The van der Waals surface area contributed by atoms with E-state index in [4.69, 9.17) is 21.1 Å². The van der Waals surface area contributed by atoms with Gasteiger partial charge in [0.2, 0.25) is 5.91 Å². The molecule has 11 heteroatoms. The fraction of sp³-hybridized carbons (Fsp3) is 0.276. The number of carbonyl (C=O) groups excluding carboxylic acids is 2. The summed E-state index contributed by atoms with van der Waals surface area (Å²) in [5.41, 5.74) is 2.11. The third kappa shape index (κ3) is 6.40. The summed E-state index contributed by atoms with van der Waals surface area (Å²) < 4.78 is 11.2. The van der Waals surface area contributed by atoms with Crippen molar-refractivity contribution in [3.05, 3.63) is 77.8 Å². The second-order valence-electron chi connectivity index (χ2n) is 10.3. The van der Waals surface area contributed by atoms with Gasteiger partial charge < -0.3 is 20.1 Å². The van der Waals surface area contributed by atoms with Crippen LogP contribution in [0, 0.1) is 0 Å². The highest BCUT2D eigenvalue weighted by atomic mass is 35.5. The third-order valence-electron chi connectivity index (χ3n) is 6.15. The van der Waals surface area contributed by atoms with Crippen molar-refractivity contribution in [1.29, 1.82) is 0 Å². The van der Waals surface area contributed by atoms with E-state index in [0.29, 0.717) is 58.4 Å². The summed E-state index contributed by atoms with van der Waals surface area (Å²) in [4.78, 5) is 39.8. The molecule has 1 aliphatic rings. The molecule has 2 amide bonds. The van der Waals surface area contributed by atoms with E-state index in [-0.39, 0.29) is 5.91 Å². The molecule has 0 saturated carbocycles. The van der Waals surface area contributed by atoms with Gasteiger partial charge in [-0.1, -0.05) is 17.7 Å². The van der Waals surface area contributed by atoms with Gasteiger partial charge >= 0.3 is 6.09 Å². The Labute approximate surface area is 236 Å². The van der Waals surface area contributed by atoms with Gasteiger partial charge in [0, 0.05) is 29.5 Å². The van der Waals surface area contributed by atoms with Crippen LogP contribution in [0.25, 0.3) is 10.9 Å². The van der Waals surface area contributed by atoms with Crippen LogP contribution < -0.4 is 15.4 Å². The fourth-order valence-corrected chi connectivity index (χ4v) is 4.36. The number of hydrogen-bond acceptors (Lipinski definition) is 8. The maximum atomic E-state index is 13.0. The van der Waals surface area contributed by atoms with Crippen LogP contribution >= 0.6 is 11.6 Å². The molecule has 0 spiro atoms. The maximum absolute atomic E-state index is 13.0. The van der Waals surface area contributed by atoms with Crippen molar-refractivity contribution >= 4 is 51.7 Å². The Bertz CT molecular complexity index is 1540. The minimum absolute atomic E-state index is 0.282. The zero-order valence-electron chi connectivity index (χ0n) is 22.3. The number of rotatable bonds is 7. The first-order valence-electron chi connectivity index (χ1n) is 12.8. The number of benzene rings is 2. The van der Waals surface area contributed by atoms with Gasteiger partial charge in [-0.25, -0.2) is 14.8 Å². The molecule has 0 unspecified atom stereocenters. The van der Waals surface area contributed by atoms with Crippen molar-refractivity contribution in [3.8, 4) is 5.75 Å². The molecule has 1 fully saturated rings. The monoisotopic (exact) mass is 560 g/mol. The number of nitrogens with one attached hydrogen (secondary N) is 2. The Kier molecular flexibility index (Phi) is 7.70. The zero-order chi connectivity index (χ0) is 28.3. The van der Waals surface area contributed by atoms with E-state index >= 15 is 0 Å². The van der Waals surface area contributed by atoms with E-state index in [0.717, 1.165) is 5.69 Å². The smallest absolute Gasteiger partial charge is 0.410 e. The van der Waals surface area contributed by atoms with Crippen LogP contribution in [0.1, 0.15) is 32.9 Å². The molecule has 5 rings (SSSR count). The largest absolute Gasteiger partial charge is 0.486 e. The molecule has 1 saturated heterocycles. The summed E-state index contributed by atoms with van der Waals surface area (Å²) in [5.74, 6) is 0.793. The average molecular weight is 561 g/mol. The predicted molar refractivity (Wildman–Crippen MR) is 153 cm³/mol. The standard InChI is InChI=1S/C29H29ClN6O4/c1-29(2,3)40-28(38)36-13-11-24(36)27(37)35-18-7-9-23-21(14-18)26(33-17-32-23)34-19-8-10-25(22(30)15-19)39-16-20-6-4-5-12-31-20/h4-10,12,14-15,17,24H,11,13,16H2,1-3H3,(H,35,37)(H,32,33,34)/t24-/m0/s1. The highest BCUT2D eigenvalue weighted by molar-refractivity contribution is 6.32. The SMILES string of the molecule is CC(C)(C)OC(=O)N1CC[C@H]1C(=O)Nc1ccc2ncnc(Nc3ccc(OCc4ccccn4)c(Cl)c3)c2c1. The van der Waals surface area contributed by atoms with Crippen LogP contribution in [0.4, 0.5) is 22.0 Å². The number of pyridine rings is 1. The summed E-state index contributed by atoms with van der Waals surface area (Å²) in [6.07, 6.45) is 3.24. The second-order valence-corrected chi connectivity index (χ2v) is 10.7. The van der Waals surface area contributed by atoms with Gasteiger partial charge in [-0.15, -0.1) is 0 Å². The van der Waals surface area contributed by atoms with Crippen LogP contribution in [-0.2, 0) is 16.1 Å². The summed E-state index contributed by atoms with van der Waals surface area (Å²) in [7, 11) is 0. The lowest BCUT2D eigenvalue weighted by Crippen LogP contribution is -2.57. The predicted octanol–water partition coefficient (Wildman–Crippen LogP) is 5.95. The Hall–Kier alpha value is -4.44. The molecule has 0 aliphatic carbocycles. The molecule has 40 heavy (non-hydrogen) atoms.